The van der Waals surface area contributed by atoms with E-state index in [1.807, 2.05) is 30.3 Å². The van der Waals surface area contributed by atoms with Crippen LogP contribution in [0, 0.1) is 11.5 Å². The van der Waals surface area contributed by atoms with Gasteiger partial charge in [-0.3, -0.25) is 9.59 Å². The zero-order valence-electron chi connectivity index (χ0n) is 15.0. The van der Waals surface area contributed by atoms with E-state index in [1.165, 1.54) is 14.0 Å². The van der Waals surface area contributed by atoms with Gasteiger partial charge in [0.05, 0.1) is 0 Å². The Hall–Kier alpha value is -2.10. The zero-order chi connectivity index (χ0) is 18.4. The van der Waals surface area contributed by atoms with Crippen LogP contribution < -0.4 is 11.1 Å². The van der Waals surface area contributed by atoms with Crippen molar-refractivity contribution in [1.29, 1.82) is 0 Å². The molecule has 0 bridgehead atoms. The Balaban J connectivity index is 3.42. The van der Waals surface area contributed by atoms with Crippen LogP contribution in [0.2, 0.25) is 19.6 Å². The first-order valence-electron chi connectivity index (χ1n) is 7.79. The highest BCUT2D eigenvalue weighted by atomic mass is 28.3. The molecule has 5 nitrogen and oxygen atoms in total. The van der Waals surface area contributed by atoms with E-state index in [2.05, 4.69) is 36.4 Å². The van der Waals surface area contributed by atoms with Gasteiger partial charge in [-0.2, -0.15) is 0 Å². The van der Waals surface area contributed by atoms with Crippen molar-refractivity contribution in [2.45, 2.75) is 44.6 Å². The van der Waals surface area contributed by atoms with E-state index in [9.17, 15) is 9.59 Å². The van der Waals surface area contributed by atoms with E-state index in [0.717, 1.165) is 5.56 Å². The summed E-state index contributed by atoms with van der Waals surface area (Å²) in [6.07, 6.45) is 0.343. The van der Waals surface area contributed by atoms with Gasteiger partial charge in [0.1, 0.15) is 14.1 Å². The van der Waals surface area contributed by atoms with Crippen LogP contribution in [-0.4, -0.2) is 38.6 Å². The summed E-state index contributed by atoms with van der Waals surface area (Å²) in [4.78, 5) is 23.6. The zero-order valence-corrected chi connectivity index (χ0v) is 16.0. The van der Waals surface area contributed by atoms with E-state index in [-0.39, 0.29) is 5.91 Å². The van der Waals surface area contributed by atoms with Crippen molar-refractivity contribution < 1.29 is 14.3 Å². The highest BCUT2D eigenvalue weighted by molar-refractivity contribution is 6.83. The first-order chi connectivity index (χ1) is 11.1. The minimum Gasteiger partial charge on any atom is -0.368 e. The number of hydrogen-bond donors (Lipinski definition) is 2. The number of nitrogens with two attached hydrogens (primary N) is 1. The number of ether oxygens (including phenoxy) is 1. The lowest BCUT2D eigenvalue weighted by Crippen LogP contribution is -2.60. The van der Waals surface area contributed by atoms with Gasteiger partial charge in [0.15, 0.2) is 5.60 Å². The van der Waals surface area contributed by atoms with Gasteiger partial charge in [-0.25, -0.2) is 0 Å². The molecule has 0 heterocycles. The van der Waals surface area contributed by atoms with Gasteiger partial charge in [-0.05, 0) is 5.56 Å². The minimum atomic E-state index is -1.73. The molecule has 0 saturated carbocycles. The third-order valence-electron chi connectivity index (χ3n) is 3.42. The molecular weight excluding hydrogens is 320 g/mol. The average Bonchev–Trinajstić information content (AvgIpc) is 2.49. The molecule has 0 radical (unpaired) electrons. The van der Waals surface area contributed by atoms with Crippen LogP contribution in [0.5, 0.6) is 0 Å². The second-order valence-electron chi connectivity index (χ2n) is 6.79. The largest absolute Gasteiger partial charge is 0.368 e. The van der Waals surface area contributed by atoms with Gasteiger partial charge in [-0.15, -0.1) is 5.54 Å². The second kappa shape index (κ2) is 8.13. The summed E-state index contributed by atoms with van der Waals surface area (Å²) in [6, 6.07) is 8.53. The van der Waals surface area contributed by atoms with E-state index in [1.54, 1.807) is 0 Å². The van der Waals surface area contributed by atoms with Crippen molar-refractivity contribution >= 4 is 19.9 Å². The quantitative estimate of drug-likeness (QED) is 0.605. The van der Waals surface area contributed by atoms with Crippen molar-refractivity contribution in [3.05, 3.63) is 35.9 Å². The predicted molar refractivity (Wildman–Crippen MR) is 97.8 cm³/mol. The Morgan fingerprint density at radius 1 is 1.29 bits per heavy atom. The number of benzene rings is 1. The standard InChI is InChI=1S/C18H26N2O3Si/c1-14(21)20-16(17(19)22)18(23-2,11-12-24(3,4)5)13-15-9-7-6-8-10-15/h6-10,16H,13H2,1-5H3,(H2,19,22)(H,20,21). The molecule has 2 amide bonds. The van der Waals surface area contributed by atoms with Crippen LogP contribution in [-0.2, 0) is 20.7 Å². The van der Waals surface area contributed by atoms with Crippen LogP contribution in [0.1, 0.15) is 12.5 Å². The maximum atomic E-state index is 12.0. The number of hydrogen-bond acceptors (Lipinski definition) is 3. The normalized spacial score (nSPS) is 14.7. The van der Waals surface area contributed by atoms with Crippen LogP contribution in [0.25, 0.3) is 0 Å². The van der Waals surface area contributed by atoms with E-state index >= 15 is 0 Å². The number of amides is 2. The molecule has 0 aliphatic heterocycles. The van der Waals surface area contributed by atoms with Gasteiger partial charge in [0, 0.05) is 20.5 Å². The Labute approximate surface area is 145 Å². The Bertz CT molecular complexity index is 644. The first kappa shape index (κ1) is 19.9. The van der Waals surface area contributed by atoms with Gasteiger partial charge in [0.2, 0.25) is 11.8 Å². The molecule has 130 valence electrons. The number of nitrogens with one attached hydrogen (secondary N) is 1. The highest BCUT2D eigenvalue weighted by Gasteiger charge is 2.42. The number of carbonyl (C=O) groups excluding carboxylic acids is 2. The number of rotatable bonds is 6. The Morgan fingerprint density at radius 3 is 2.29 bits per heavy atom. The van der Waals surface area contributed by atoms with Crippen molar-refractivity contribution in [3.63, 3.8) is 0 Å². The lowest BCUT2D eigenvalue weighted by Gasteiger charge is -2.34. The summed E-state index contributed by atoms with van der Waals surface area (Å²) < 4.78 is 5.69. The average molecular weight is 347 g/mol. The van der Waals surface area contributed by atoms with Crippen LogP contribution in [0.3, 0.4) is 0 Å². The fourth-order valence-electron chi connectivity index (χ4n) is 2.27. The second-order valence-corrected chi connectivity index (χ2v) is 11.5. The molecule has 0 fully saturated rings. The molecular formula is C18H26N2O3Si. The van der Waals surface area contributed by atoms with Crippen LogP contribution in [0.4, 0.5) is 0 Å². The Morgan fingerprint density at radius 2 is 1.88 bits per heavy atom. The third kappa shape index (κ3) is 5.83. The SMILES string of the molecule is COC(C#C[Si](C)(C)C)(Cc1ccccc1)C(NC(C)=O)C(N)=O. The highest BCUT2D eigenvalue weighted by Crippen LogP contribution is 2.22. The molecule has 6 heteroatoms. The summed E-state index contributed by atoms with van der Waals surface area (Å²) >= 11 is 0. The molecule has 24 heavy (non-hydrogen) atoms. The Kier molecular flexibility index (Phi) is 6.76. The van der Waals surface area contributed by atoms with Gasteiger partial charge < -0.3 is 15.8 Å². The molecule has 1 aromatic carbocycles. The fraction of sp³-hybridized carbons (Fsp3) is 0.444. The van der Waals surface area contributed by atoms with E-state index < -0.39 is 25.6 Å². The molecule has 0 aliphatic carbocycles. The molecule has 1 rings (SSSR count). The number of carbonyl (C=O) groups is 2. The summed E-state index contributed by atoms with van der Waals surface area (Å²) in [7, 11) is -0.241. The predicted octanol–water partition coefficient (Wildman–Crippen LogP) is 1.49. The third-order valence-corrected chi connectivity index (χ3v) is 4.30. The molecule has 2 atom stereocenters. The van der Waals surface area contributed by atoms with Crippen molar-refractivity contribution in [1.82, 2.24) is 5.32 Å². The molecule has 1 aromatic rings. The summed E-state index contributed by atoms with van der Waals surface area (Å²) in [5.74, 6) is 2.10. The topological polar surface area (TPSA) is 81.4 Å². The monoisotopic (exact) mass is 346 g/mol. The fourth-order valence-corrected chi connectivity index (χ4v) is 2.86. The maximum Gasteiger partial charge on any atom is 0.244 e. The van der Waals surface area contributed by atoms with Gasteiger partial charge >= 0.3 is 0 Å². The lowest BCUT2D eigenvalue weighted by molar-refractivity contribution is -0.132. The van der Waals surface area contributed by atoms with E-state index in [4.69, 9.17) is 10.5 Å². The molecule has 2 unspecified atom stereocenters. The molecule has 0 aromatic heterocycles. The van der Waals surface area contributed by atoms with Gasteiger partial charge in [-0.1, -0.05) is 55.9 Å². The smallest absolute Gasteiger partial charge is 0.244 e. The van der Waals surface area contributed by atoms with Crippen LogP contribution in [0.15, 0.2) is 30.3 Å². The molecule has 0 spiro atoms. The molecule has 0 saturated heterocycles. The maximum absolute atomic E-state index is 12.0. The van der Waals surface area contributed by atoms with E-state index in [0.29, 0.717) is 6.42 Å². The number of methoxy groups -OCH3 is 1. The summed E-state index contributed by atoms with van der Waals surface area (Å²) in [5, 5.41) is 2.60. The minimum absolute atomic E-state index is 0.343. The van der Waals surface area contributed by atoms with Crippen molar-refractivity contribution in [3.8, 4) is 11.5 Å². The molecule has 3 N–H and O–H groups in total. The number of primary amides is 1. The van der Waals surface area contributed by atoms with Gasteiger partial charge in [0.25, 0.3) is 0 Å². The van der Waals surface area contributed by atoms with Crippen molar-refractivity contribution in [2.75, 3.05) is 7.11 Å². The first-order valence-corrected chi connectivity index (χ1v) is 11.3. The van der Waals surface area contributed by atoms with Crippen molar-refractivity contribution in [2.24, 2.45) is 5.73 Å². The summed E-state index contributed by atoms with van der Waals surface area (Å²) in [5.41, 5.74) is 8.53. The van der Waals surface area contributed by atoms with Crippen LogP contribution >= 0.6 is 0 Å². The lowest BCUT2D eigenvalue weighted by atomic mass is 9.87. The molecule has 0 aliphatic rings. The summed E-state index contributed by atoms with van der Waals surface area (Å²) in [6.45, 7) is 7.63.